The Morgan fingerprint density at radius 2 is 1.19 bits per heavy atom. The molecule has 0 nitrogen and oxygen atoms in total. The average molecular weight is 358 g/mol. The second-order valence-electron chi connectivity index (χ2n) is 6.72. The van der Waals surface area contributed by atoms with Crippen molar-refractivity contribution in [3.63, 3.8) is 0 Å². The third-order valence-corrected chi connectivity index (χ3v) is 7.59. The van der Waals surface area contributed by atoms with E-state index in [2.05, 4.69) is 117 Å². The zero-order chi connectivity index (χ0) is 18.2. The van der Waals surface area contributed by atoms with E-state index in [1.54, 1.807) is 0 Å². The third-order valence-electron chi connectivity index (χ3n) is 4.80. The van der Waals surface area contributed by atoms with Gasteiger partial charge in [-0.1, -0.05) is 110 Å². The van der Waals surface area contributed by atoms with E-state index >= 15 is 0 Å². The maximum atomic E-state index is 2.40. The quantitative estimate of drug-likeness (QED) is 0.353. The SMILES string of the molecule is CC=CC(c1ccccc1)C(C)CP(c1ccccc1)c1ccccc1. The van der Waals surface area contributed by atoms with Gasteiger partial charge in [-0.3, -0.25) is 0 Å². The van der Waals surface area contributed by atoms with E-state index in [-0.39, 0.29) is 7.92 Å². The lowest BCUT2D eigenvalue weighted by Crippen LogP contribution is -2.20. The van der Waals surface area contributed by atoms with E-state index in [1.807, 2.05) is 0 Å². The Morgan fingerprint density at radius 1 is 0.731 bits per heavy atom. The second-order valence-corrected chi connectivity index (χ2v) is 8.98. The predicted octanol–water partition coefficient (Wildman–Crippen LogP) is 6.12. The normalized spacial score (nSPS) is 13.8. The molecule has 0 aromatic heterocycles. The minimum Gasteiger partial charge on any atom is -0.0910 e. The summed E-state index contributed by atoms with van der Waals surface area (Å²) in [4.78, 5) is 0. The van der Waals surface area contributed by atoms with Gasteiger partial charge in [0.25, 0.3) is 0 Å². The zero-order valence-corrected chi connectivity index (χ0v) is 16.5. The number of rotatable bonds is 7. The molecular weight excluding hydrogens is 331 g/mol. The van der Waals surface area contributed by atoms with Crippen molar-refractivity contribution in [2.75, 3.05) is 6.16 Å². The monoisotopic (exact) mass is 358 g/mol. The molecule has 0 spiro atoms. The van der Waals surface area contributed by atoms with Crippen LogP contribution in [0.15, 0.2) is 103 Å². The van der Waals surface area contributed by atoms with Crippen LogP contribution in [0.3, 0.4) is 0 Å². The average Bonchev–Trinajstić information content (AvgIpc) is 2.72. The molecule has 2 atom stereocenters. The van der Waals surface area contributed by atoms with E-state index < -0.39 is 0 Å². The molecule has 0 N–H and O–H groups in total. The fraction of sp³-hybridized carbons (Fsp3) is 0.200. The Bertz CT molecular complexity index is 754. The van der Waals surface area contributed by atoms with E-state index in [9.17, 15) is 0 Å². The standard InChI is InChI=1S/C25H27P/c1-3-13-25(22-14-7-4-8-15-22)21(2)20-26(23-16-9-5-10-17-23)24-18-11-6-12-19-24/h3-19,21,25H,20H2,1-2H3. The van der Waals surface area contributed by atoms with Crippen LogP contribution < -0.4 is 10.6 Å². The van der Waals surface area contributed by atoms with Crippen molar-refractivity contribution in [1.29, 1.82) is 0 Å². The van der Waals surface area contributed by atoms with Gasteiger partial charge in [-0.15, -0.1) is 0 Å². The van der Waals surface area contributed by atoms with Crippen LogP contribution in [0.1, 0.15) is 25.3 Å². The van der Waals surface area contributed by atoms with Crippen LogP contribution in [0.25, 0.3) is 0 Å². The van der Waals surface area contributed by atoms with Crippen LogP contribution in [-0.2, 0) is 0 Å². The van der Waals surface area contributed by atoms with Crippen molar-refractivity contribution in [3.05, 3.63) is 109 Å². The molecule has 3 aromatic carbocycles. The first-order valence-corrected chi connectivity index (χ1v) is 10.9. The third kappa shape index (κ3) is 4.71. The van der Waals surface area contributed by atoms with Crippen molar-refractivity contribution in [1.82, 2.24) is 0 Å². The summed E-state index contributed by atoms with van der Waals surface area (Å²) in [5.74, 6) is 1.03. The van der Waals surface area contributed by atoms with Crippen molar-refractivity contribution < 1.29 is 0 Å². The Hall–Kier alpha value is -2.17. The van der Waals surface area contributed by atoms with Gasteiger partial charge in [0.15, 0.2) is 0 Å². The van der Waals surface area contributed by atoms with Gasteiger partial charge in [0, 0.05) is 5.92 Å². The van der Waals surface area contributed by atoms with Crippen LogP contribution in [-0.4, -0.2) is 6.16 Å². The van der Waals surface area contributed by atoms with Gasteiger partial charge in [0.1, 0.15) is 0 Å². The first kappa shape index (κ1) is 18.6. The molecule has 2 unspecified atom stereocenters. The first-order valence-electron chi connectivity index (χ1n) is 9.35. The maximum Gasteiger partial charge on any atom is 0.00470 e. The number of hydrogen-bond acceptors (Lipinski definition) is 0. The summed E-state index contributed by atoms with van der Waals surface area (Å²) in [5.41, 5.74) is 1.41. The van der Waals surface area contributed by atoms with Gasteiger partial charge in [-0.05, 0) is 43.1 Å². The summed E-state index contributed by atoms with van der Waals surface area (Å²) in [7, 11) is -0.358. The topological polar surface area (TPSA) is 0 Å². The molecule has 3 aromatic rings. The maximum absolute atomic E-state index is 2.40. The van der Waals surface area contributed by atoms with Crippen LogP contribution in [0.4, 0.5) is 0 Å². The Morgan fingerprint density at radius 3 is 1.65 bits per heavy atom. The van der Waals surface area contributed by atoms with Crippen LogP contribution >= 0.6 is 7.92 Å². The molecule has 3 rings (SSSR count). The van der Waals surface area contributed by atoms with Crippen molar-refractivity contribution >= 4 is 18.5 Å². The van der Waals surface area contributed by atoms with Gasteiger partial charge in [0.2, 0.25) is 0 Å². The van der Waals surface area contributed by atoms with Gasteiger partial charge in [0.05, 0.1) is 0 Å². The summed E-state index contributed by atoms with van der Waals surface area (Å²) < 4.78 is 0. The fourth-order valence-corrected chi connectivity index (χ4v) is 6.08. The summed E-state index contributed by atoms with van der Waals surface area (Å²) in [6.45, 7) is 4.53. The van der Waals surface area contributed by atoms with E-state index in [0.29, 0.717) is 11.8 Å². The van der Waals surface area contributed by atoms with Crippen LogP contribution in [0, 0.1) is 5.92 Å². The smallest absolute Gasteiger partial charge is 0.00470 e. The lowest BCUT2D eigenvalue weighted by molar-refractivity contribution is 0.585. The van der Waals surface area contributed by atoms with Crippen molar-refractivity contribution in [2.24, 2.45) is 5.92 Å². The largest absolute Gasteiger partial charge is 0.0910 e. The zero-order valence-electron chi connectivity index (χ0n) is 15.6. The number of hydrogen-bond donors (Lipinski definition) is 0. The summed E-state index contributed by atoms with van der Waals surface area (Å²) in [6.07, 6.45) is 5.75. The van der Waals surface area contributed by atoms with Gasteiger partial charge >= 0.3 is 0 Å². The molecule has 0 aliphatic rings. The molecule has 0 saturated heterocycles. The Labute approximate surface area is 159 Å². The minimum atomic E-state index is -0.358. The molecule has 0 heterocycles. The first-order chi connectivity index (χ1) is 12.8. The number of allylic oxidation sites excluding steroid dienone is 2. The molecule has 1 heteroatoms. The van der Waals surface area contributed by atoms with Crippen LogP contribution in [0.5, 0.6) is 0 Å². The van der Waals surface area contributed by atoms with Gasteiger partial charge in [-0.25, -0.2) is 0 Å². The lowest BCUT2D eigenvalue weighted by atomic mass is 9.88. The highest BCUT2D eigenvalue weighted by molar-refractivity contribution is 7.73. The predicted molar refractivity (Wildman–Crippen MR) is 117 cm³/mol. The van der Waals surface area contributed by atoms with E-state index in [1.165, 1.54) is 22.3 Å². The highest BCUT2D eigenvalue weighted by Gasteiger charge is 2.22. The highest BCUT2D eigenvalue weighted by Crippen LogP contribution is 2.40. The van der Waals surface area contributed by atoms with Crippen molar-refractivity contribution in [3.8, 4) is 0 Å². The summed E-state index contributed by atoms with van der Waals surface area (Å²) >= 11 is 0. The molecular formula is C25H27P. The second kappa shape index (κ2) is 9.51. The molecule has 0 bridgehead atoms. The summed E-state index contributed by atoms with van der Waals surface area (Å²) in [5, 5.41) is 2.93. The van der Waals surface area contributed by atoms with Gasteiger partial charge in [-0.2, -0.15) is 0 Å². The van der Waals surface area contributed by atoms with Crippen molar-refractivity contribution in [2.45, 2.75) is 19.8 Å². The van der Waals surface area contributed by atoms with Gasteiger partial charge < -0.3 is 0 Å². The fourth-order valence-electron chi connectivity index (χ4n) is 3.49. The molecule has 26 heavy (non-hydrogen) atoms. The lowest BCUT2D eigenvalue weighted by Gasteiger charge is -2.27. The molecule has 132 valence electrons. The molecule has 0 aliphatic heterocycles. The Kier molecular flexibility index (Phi) is 6.81. The Balaban J connectivity index is 1.90. The van der Waals surface area contributed by atoms with E-state index in [0.717, 1.165) is 0 Å². The molecule has 0 fully saturated rings. The molecule has 0 amide bonds. The molecule has 0 saturated carbocycles. The minimum absolute atomic E-state index is 0.358. The van der Waals surface area contributed by atoms with E-state index in [4.69, 9.17) is 0 Å². The highest BCUT2D eigenvalue weighted by atomic mass is 31.1. The molecule has 0 aliphatic carbocycles. The van der Waals surface area contributed by atoms with Crippen LogP contribution in [0.2, 0.25) is 0 Å². The summed E-state index contributed by atoms with van der Waals surface area (Å²) in [6, 6.07) is 33.0. The number of benzene rings is 3. The molecule has 0 radical (unpaired) electrons.